The lowest BCUT2D eigenvalue weighted by Gasteiger charge is -2.26. The van der Waals surface area contributed by atoms with Crippen LogP contribution in [0.2, 0.25) is 0 Å². The third-order valence-corrected chi connectivity index (χ3v) is 5.15. The predicted molar refractivity (Wildman–Crippen MR) is 132 cm³/mol. The van der Waals surface area contributed by atoms with Crippen molar-refractivity contribution < 1.29 is 34.2 Å². The Hall–Kier alpha value is -3.42. The molecule has 4 atom stereocenters. The van der Waals surface area contributed by atoms with E-state index in [-0.39, 0.29) is 31.3 Å². The molecule has 0 aromatic rings. The van der Waals surface area contributed by atoms with Crippen molar-refractivity contribution in [3.05, 3.63) is 0 Å². The van der Waals surface area contributed by atoms with E-state index in [1.54, 1.807) is 13.8 Å². The highest BCUT2D eigenvalue weighted by Gasteiger charge is 2.31. The van der Waals surface area contributed by atoms with E-state index in [1.807, 2.05) is 13.8 Å². The Morgan fingerprint density at radius 1 is 0.833 bits per heavy atom. The van der Waals surface area contributed by atoms with E-state index in [4.69, 9.17) is 22.3 Å². The number of aliphatic carboxylic acids is 2. The zero-order valence-electron chi connectivity index (χ0n) is 21.3. The van der Waals surface area contributed by atoms with Crippen molar-refractivity contribution in [2.75, 3.05) is 6.54 Å². The Labute approximate surface area is 210 Å². The number of carboxylic acids is 2. The van der Waals surface area contributed by atoms with E-state index >= 15 is 0 Å². The van der Waals surface area contributed by atoms with E-state index in [1.165, 1.54) is 0 Å². The molecule has 0 saturated carbocycles. The van der Waals surface area contributed by atoms with Crippen LogP contribution in [0.25, 0.3) is 0 Å². The quantitative estimate of drug-likeness (QED) is 0.0630. The minimum Gasteiger partial charge on any atom is -0.481 e. The number of nitrogens with one attached hydrogen (secondary N) is 3. The highest BCUT2D eigenvalue weighted by Crippen LogP contribution is 2.08. The highest BCUT2D eigenvalue weighted by molar-refractivity contribution is 5.94. The van der Waals surface area contributed by atoms with Gasteiger partial charge in [-0.1, -0.05) is 27.7 Å². The van der Waals surface area contributed by atoms with Gasteiger partial charge in [-0.25, -0.2) is 4.79 Å². The number of rotatable bonds is 17. The molecule has 0 spiro atoms. The lowest BCUT2D eigenvalue weighted by molar-refractivity contribution is -0.144. The molecule has 0 aliphatic rings. The molecule has 206 valence electrons. The molecule has 4 unspecified atom stereocenters. The van der Waals surface area contributed by atoms with Crippen LogP contribution in [0.1, 0.15) is 59.8 Å². The molecule has 0 fully saturated rings. The summed E-state index contributed by atoms with van der Waals surface area (Å²) in [5, 5.41) is 25.7. The largest absolute Gasteiger partial charge is 0.481 e. The van der Waals surface area contributed by atoms with Gasteiger partial charge in [0.15, 0.2) is 5.96 Å². The molecule has 11 N–H and O–H groups in total. The zero-order chi connectivity index (χ0) is 28.0. The van der Waals surface area contributed by atoms with Crippen LogP contribution >= 0.6 is 0 Å². The second-order valence-electron chi connectivity index (χ2n) is 9.31. The summed E-state index contributed by atoms with van der Waals surface area (Å²) in [5.74, 6) is -5.13. The predicted octanol–water partition coefficient (Wildman–Crippen LogP) is -1.53. The van der Waals surface area contributed by atoms with E-state index in [0.29, 0.717) is 12.8 Å². The number of carboxylic acid groups (broad SMARTS) is 2. The van der Waals surface area contributed by atoms with Crippen LogP contribution < -0.4 is 33.2 Å². The number of carbonyl (C=O) groups is 5. The zero-order valence-corrected chi connectivity index (χ0v) is 21.3. The molecule has 0 radical (unpaired) electrons. The third kappa shape index (κ3) is 13.5. The molecule has 0 rings (SSSR count). The van der Waals surface area contributed by atoms with Gasteiger partial charge in [0.2, 0.25) is 17.7 Å². The van der Waals surface area contributed by atoms with E-state index < -0.39 is 66.2 Å². The summed E-state index contributed by atoms with van der Waals surface area (Å²) in [6.45, 7) is 7.13. The summed E-state index contributed by atoms with van der Waals surface area (Å²) in [4.78, 5) is 64.8. The van der Waals surface area contributed by atoms with Crippen LogP contribution in [-0.4, -0.2) is 76.5 Å². The molecule has 0 aliphatic heterocycles. The normalized spacial score (nSPS) is 14.3. The summed E-state index contributed by atoms with van der Waals surface area (Å²) >= 11 is 0. The van der Waals surface area contributed by atoms with Gasteiger partial charge >= 0.3 is 11.9 Å². The van der Waals surface area contributed by atoms with Gasteiger partial charge in [-0.05, 0) is 37.5 Å². The second kappa shape index (κ2) is 16.3. The summed E-state index contributed by atoms with van der Waals surface area (Å²) in [6.07, 6.45) is 0.0247. The summed E-state index contributed by atoms with van der Waals surface area (Å²) < 4.78 is 0. The first-order valence-electron chi connectivity index (χ1n) is 11.8. The molecule has 14 nitrogen and oxygen atoms in total. The smallest absolute Gasteiger partial charge is 0.326 e. The molecule has 0 bridgehead atoms. The lowest BCUT2D eigenvalue weighted by atomic mass is 10.0. The van der Waals surface area contributed by atoms with Crippen molar-refractivity contribution in [2.24, 2.45) is 34.0 Å². The van der Waals surface area contributed by atoms with E-state index in [2.05, 4.69) is 20.9 Å². The minimum atomic E-state index is -1.35. The fraction of sp³-hybridized carbons (Fsp3) is 0.727. The van der Waals surface area contributed by atoms with Crippen molar-refractivity contribution in [1.82, 2.24) is 16.0 Å². The summed E-state index contributed by atoms with van der Waals surface area (Å²) in [6, 6.07) is -4.58. The third-order valence-electron chi connectivity index (χ3n) is 5.15. The average molecular weight is 516 g/mol. The topological polar surface area (TPSA) is 252 Å². The summed E-state index contributed by atoms with van der Waals surface area (Å²) in [5.41, 5.74) is 16.5. The minimum absolute atomic E-state index is 0.0970. The number of hydrogen-bond donors (Lipinski definition) is 8. The average Bonchev–Trinajstić information content (AvgIpc) is 2.75. The van der Waals surface area contributed by atoms with Gasteiger partial charge in [-0.3, -0.25) is 24.2 Å². The highest BCUT2D eigenvalue weighted by atomic mass is 16.4. The van der Waals surface area contributed by atoms with Crippen molar-refractivity contribution in [3.63, 3.8) is 0 Å². The first-order valence-corrected chi connectivity index (χ1v) is 11.8. The molecule has 0 aromatic heterocycles. The van der Waals surface area contributed by atoms with Crippen LogP contribution in [0.5, 0.6) is 0 Å². The number of nitrogens with two attached hydrogens (primary N) is 3. The fourth-order valence-electron chi connectivity index (χ4n) is 3.24. The number of guanidine groups is 1. The molecule has 36 heavy (non-hydrogen) atoms. The van der Waals surface area contributed by atoms with Gasteiger partial charge in [0.05, 0.1) is 6.04 Å². The number of nitrogens with zero attached hydrogens (tertiary/aromatic N) is 1. The Balaban J connectivity index is 5.67. The molecule has 0 heterocycles. The Bertz CT molecular complexity index is 798. The molecule has 0 aliphatic carbocycles. The number of carbonyl (C=O) groups excluding carboxylic acids is 3. The van der Waals surface area contributed by atoms with Crippen LogP contribution in [-0.2, 0) is 24.0 Å². The molecule has 3 amide bonds. The first kappa shape index (κ1) is 32.6. The SMILES string of the molecule is CC(C)CC(N)C(=O)NC(CCCN=C(N)N)C(=O)NC(CCC(=O)O)C(=O)NC(C(=O)O)C(C)C. The lowest BCUT2D eigenvalue weighted by Crippen LogP contribution is -2.57. The Kier molecular flexibility index (Phi) is 14.7. The monoisotopic (exact) mass is 515 g/mol. The maximum atomic E-state index is 13.1. The van der Waals surface area contributed by atoms with E-state index in [9.17, 15) is 29.1 Å². The molecule has 0 aromatic carbocycles. The first-order chi connectivity index (χ1) is 16.6. The molecule has 14 heteroatoms. The molecule has 0 saturated heterocycles. The van der Waals surface area contributed by atoms with Gasteiger partial charge in [-0.15, -0.1) is 0 Å². The van der Waals surface area contributed by atoms with Crippen LogP contribution in [0.3, 0.4) is 0 Å². The second-order valence-corrected chi connectivity index (χ2v) is 9.31. The maximum absolute atomic E-state index is 13.1. The number of aliphatic imine (C=N–C) groups is 1. The fourth-order valence-corrected chi connectivity index (χ4v) is 3.24. The molecular formula is C22H41N7O7. The maximum Gasteiger partial charge on any atom is 0.326 e. The van der Waals surface area contributed by atoms with Gasteiger partial charge in [0.1, 0.15) is 18.1 Å². The van der Waals surface area contributed by atoms with Crippen molar-refractivity contribution in [3.8, 4) is 0 Å². The van der Waals surface area contributed by atoms with Crippen LogP contribution in [0, 0.1) is 11.8 Å². The van der Waals surface area contributed by atoms with Gasteiger partial charge < -0.3 is 43.4 Å². The standard InChI is InChI=1S/C22H41N7O7/c1-11(2)10-13(23)18(32)27-14(6-5-9-26-22(24)25)19(33)28-15(7-8-16(30)31)20(34)29-17(12(3)4)21(35)36/h11-15,17H,5-10,23H2,1-4H3,(H,27,32)(H,28,33)(H,29,34)(H,30,31)(H,35,36)(H4,24,25,26). The van der Waals surface area contributed by atoms with Crippen LogP contribution in [0.15, 0.2) is 4.99 Å². The Morgan fingerprint density at radius 3 is 1.83 bits per heavy atom. The van der Waals surface area contributed by atoms with Crippen molar-refractivity contribution in [2.45, 2.75) is 84.0 Å². The van der Waals surface area contributed by atoms with E-state index in [0.717, 1.165) is 0 Å². The van der Waals surface area contributed by atoms with Gasteiger partial charge in [0.25, 0.3) is 0 Å². The number of amides is 3. The number of hydrogen-bond acceptors (Lipinski definition) is 7. The summed E-state index contributed by atoms with van der Waals surface area (Å²) in [7, 11) is 0. The van der Waals surface area contributed by atoms with Gasteiger partial charge in [-0.2, -0.15) is 0 Å². The van der Waals surface area contributed by atoms with Crippen molar-refractivity contribution in [1.29, 1.82) is 0 Å². The van der Waals surface area contributed by atoms with Crippen LogP contribution in [0.4, 0.5) is 0 Å². The Morgan fingerprint density at radius 2 is 1.36 bits per heavy atom. The van der Waals surface area contributed by atoms with Gasteiger partial charge in [0, 0.05) is 13.0 Å². The molecular weight excluding hydrogens is 474 g/mol. The van der Waals surface area contributed by atoms with Crippen molar-refractivity contribution >= 4 is 35.6 Å².